The van der Waals surface area contributed by atoms with Crippen molar-refractivity contribution in [3.05, 3.63) is 64.8 Å². The van der Waals surface area contributed by atoms with Crippen LogP contribution in [0.3, 0.4) is 0 Å². The van der Waals surface area contributed by atoms with Gasteiger partial charge < -0.3 is 15.1 Å². The van der Waals surface area contributed by atoms with E-state index in [1.807, 2.05) is 24.3 Å². The number of nitrogens with one attached hydrogen (secondary N) is 1. The molecule has 1 amide bonds. The monoisotopic (exact) mass is 559 g/mol. The lowest BCUT2D eigenvalue weighted by molar-refractivity contribution is 0.0254. The molecule has 0 unspecified atom stereocenters. The van der Waals surface area contributed by atoms with E-state index in [9.17, 15) is 13.6 Å². The maximum absolute atomic E-state index is 13.9. The average Bonchev–Trinajstić information content (AvgIpc) is 2.84. The Bertz CT molecular complexity index is 1150. The molecule has 1 N–H and O–H groups in total. The first kappa shape index (κ1) is 26.3. The molecule has 2 fully saturated rings. The number of amides is 1. The van der Waals surface area contributed by atoms with Gasteiger partial charge in [0, 0.05) is 54.4 Å². The highest BCUT2D eigenvalue weighted by Gasteiger charge is 2.38. The number of carbonyl (C=O) groups is 1. The zero-order valence-electron chi connectivity index (χ0n) is 20.6. The van der Waals surface area contributed by atoms with Crippen molar-refractivity contribution in [2.24, 2.45) is 5.92 Å². The smallest absolute Gasteiger partial charge is 0.272 e. The summed E-state index contributed by atoms with van der Waals surface area (Å²) in [6.07, 6.45) is 5.98. The van der Waals surface area contributed by atoms with Crippen molar-refractivity contribution in [2.45, 2.75) is 45.0 Å². The number of aryl methyl sites for hydroxylation is 1. The van der Waals surface area contributed by atoms with Crippen LogP contribution in [-0.4, -0.2) is 48.0 Å². The van der Waals surface area contributed by atoms with Crippen molar-refractivity contribution in [3.63, 3.8) is 0 Å². The van der Waals surface area contributed by atoms with Gasteiger partial charge in [0.15, 0.2) is 0 Å². The molecule has 2 saturated heterocycles. The quantitative estimate of drug-likeness (QED) is 0.398. The number of benzene rings is 1. The fourth-order valence-electron chi connectivity index (χ4n) is 4.76. The molecule has 0 radical (unpaired) electrons. The highest BCUT2D eigenvalue weighted by atomic mass is 79.9. The van der Waals surface area contributed by atoms with Gasteiger partial charge in [-0.3, -0.25) is 4.79 Å². The Morgan fingerprint density at radius 2 is 1.97 bits per heavy atom. The van der Waals surface area contributed by atoms with Gasteiger partial charge in [-0.05, 0) is 56.7 Å². The second kappa shape index (κ2) is 11.1. The van der Waals surface area contributed by atoms with E-state index in [0.29, 0.717) is 28.9 Å². The van der Waals surface area contributed by atoms with E-state index in [2.05, 4.69) is 49.3 Å². The van der Waals surface area contributed by atoms with Crippen LogP contribution in [0.4, 0.5) is 26.2 Å². The normalized spacial score (nSPS) is 18.3. The molecule has 3 heterocycles. The molecule has 1 aromatic carbocycles. The van der Waals surface area contributed by atoms with Crippen LogP contribution in [-0.2, 0) is 0 Å². The molecular weight excluding hydrogens is 528 g/mol. The van der Waals surface area contributed by atoms with Crippen molar-refractivity contribution in [2.75, 3.05) is 41.3 Å². The topological polar surface area (TPSA) is 61.4 Å². The molecule has 0 saturated carbocycles. The number of rotatable bonds is 7. The lowest BCUT2D eigenvalue weighted by Crippen LogP contribution is -2.42. The summed E-state index contributed by atoms with van der Waals surface area (Å²) in [5.74, 6) is -1.83. The van der Waals surface area contributed by atoms with Crippen molar-refractivity contribution in [1.29, 1.82) is 0 Å². The van der Waals surface area contributed by atoms with Gasteiger partial charge in [0.2, 0.25) is 5.95 Å². The molecule has 0 bridgehead atoms. The van der Waals surface area contributed by atoms with Gasteiger partial charge >= 0.3 is 0 Å². The number of hydrogen-bond donors (Lipinski definition) is 1. The summed E-state index contributed by atoms with van der Waals surface area (Å²) in [5, 5.41) is 2.90. The lowest BCUT2D eigenvalue weighted by atomic mass is 9.91. The fourth-order valence-corrected chi connectivity index (χ4v) is 5.11. The largest absolute Gasteiger partial charge is 0.371 e. The Kier molecular flexibility index (Phi) is 8.07. The van der Waals surface area contributed by atoms with Crippen molar-refractivity contribution in [3.8, 4) is 0 Å². The molecule has 1 aromatic heterocycles. The first-order chi connectivity index (χ1) is 17.2. The molecule has 2 aromatic rings. The summed E-state index contributed by atoms with van der Waals surface area (Å²) >= 11 is 3.54. The fraction of sp³-hybridized carbons (Fsp3) is 0.444. The van der Waals surface area contributed by atoms with Crippen LogP contribution in [0, 0.1) is 12.8 Å². The van der Waals surface area contributed by atoms with E-state index >= 15 is 0 Å². The van der Waals surface area contributed by atoms with Gasteiger partial charge in [0.25, 0.3) is 11.8 Å². The average molecular weight is 560 g/mol. The number of piperidine rings is 2. The minimum atomic E-state index is -2.88. The summed E-state index contributed by atoms with van der Waals surface area (Å²) in [5.41, 5.74) is 1.92. The molecule has 2 aliphatic rings. The van der Waals surface area contributed by atoms with Gasteiger partial charge in [-0.15, -0.1) is 6.58 Å². The number of alkyl halides is 2. The zero-order chi connectivity index (χ0) is 25.9. The predicted molar refractivity (Wildman–Crippen MR) is 144 cm³/mol. The second-order valence-electron chi connectivity index (χ2n) is 9.59. The van der Waals surface area contributed by atoms with E-state index < -0.39 is 5.92 Å². The number of carbonyl (C=O) groups excluding carboxylic acids is 1. The third-order valence-corrected chi connectivity index (χ3v) is 7.39. The van der Waals surface area contributed by atoms with Gasteiger partial charge in [-0.25, -0.2) is 13.8 Å². The molecule has 192 valence electrons. The van der Waals surface area contributed by atoms with E-state index in [4.69, 9.17) is 0 Å². The zero-order valence-corrected chi connectivity index (χ0v) is 22.2. The molecule has 0 spiro atoms. The summed E-state index contributed by atoms with van der Waals surface area (Å²) in [6, 6.07) is 7.32. The van der Waals surface area contributed by atoms with Gasteiger partial charge in [0.1, 0.15) is 5.82 Å². The minimum absolute atomic E-state index is 0.0244. The van der Waals surface area contributed by atoms with Crippen LogP contribution in [0.5, 0.6) is 0 Å². The molecule has 36 heavy (non-hydrogen) atoms. The van der Waals surface area contributed by atoms with Crippen molar-refractivity contribution < 1.29 is 13.6 Å². The van der Waals surface area contributed by atoms with Gasteiger partial charge in [-0.2, -0.15) is 4.98 Å². The SMILES string of the molecule is C=CCCC1CCN(c2cc(Br)ccc2C(=O)Nc2cc(C)nc(N3CCC(F)(F)C(=C)C3)n2)CC1. The highest BCUT2D eigenvalue weighted by Crippen LogP contribution is 2.34. The number of anilines is 3. The lowest BCUT2D eigenvalue weighted by Gasteiger charge is -2.34. The number of halogens is 3. The Balaban J connectivity index is 1.50. The van der Waals surface area contributed by atoms with E-state index in [1.165, 1.54) is 0 Å². The Morgan fingerprint density at radius 1 is 1.22 bits per heavy atom. The first-order valence-corrected chi connectivity index (χ1v) is 13.1. The summed E-state index contributed by atoms with van der Waals surface area (Å²) in [6.45, 7) is 11.0. The van der Waals surface area contributed by atoms with Crippen LogP contribution < -0.4 is 15.1 Å². The number of allylic oxidation sites excluding steroid dienone is 1. The van der Waals surface area contributed by atoms with Gasteiger partial charge in [0.05, 0.1) is 11.3 Å². The molecule has 6 nitrogen and oxygen atoms in total. The number of aromatic nitrogens is 2. The van der Waals surface area contributed by atoms with Gasteiger partial charge in [-0.1, -0.05) is 28.6 Å². The molecule has 2 aliphatic heterocycles. The summed E-state index contributed by atoms with van der Waals surface area (Å²) < 4.78 is 28.6. The van der Waals surface area contributed by atoms with Crippen LogP contribution in [0.2, 0.25) is 0 Å². The summed E-state index contributed by atoms with van der Waals surface area (Å²) in [4.78, 5) is 26.2. The van der Waals surface area contributed by atoms with Crippen LogP contribution in [0.1, 0.15) is 48.2 Å². The number of hydrogen-bond acceptors (Lipinski definition) is 5. The maximum Gasteiger partial charge on any atom is 0.272 e. The predicted octanol–water partition coefficient (Wildman–Crippen LogP) is 6.38. The van der Waals surface area contributed by atoms with E-state index in [-0.39, 0.29) is 31.0 Å². The van der Waals surface area contributed by atoms with Crippen LogP contribution in [0.25, 0.3) is 0 Å². The maximum atomic E-state index is 13.9. The third kappa shape index (κ3) is 6.11. The van der Waals surface area contributed by atoms with E-state index in [1.54, 1.807) is 17.9 Å². The molecule has 4 rings (SSSR count). The number of nitrogens with zero attached hydrogens (tertiary/aromatic N) is 4. The van der Waals surface area contributed by atoms with Crippen LogP contribution >= 0.6 is 15.9 Å². The Labute approximate surface area is 219 Å². The molecule has 0 aliphatic carbocycles. The third-order valence-electron chi connectivity index (χ3n) is 6.90. The standard InChI is InChI=1S/C27H32BrF2N5O/c1-4-5-6-20-9-12-34(13-10-20)23-16-21(28)7-8-22(23)25(36)32-24-15-19(3)31-26(33-24)35-14-11-27(29,30)18(2)17-35/h4,7-8,15-16,20H,1-2,5-6,9-14,17H2,3H3,(H,31,32,33,36). The van der Waals surface area contributed by atoms with E-state index in [0.717, 1.165) is 48.9 Å². The molecule has 0 atom stereocenters. The van der Waals surface area contributed by atoms with Crippen molar-refractivity contribution in [1.82, 2.24) is 9.97 Å². The van der Waals surface area contributed by atoms with Crippen LogP contribution in [0.15, 0.2) is 53.5 Å². The second-order valence-corrected chi connectivity index (χ2v) is 10.5. The summed E-state index contributed by atoms with van der Waals surface area (Å²) in [7, 11) is 0. The Morgan fingerprint density at radius 3 is 2.67 bits per heavy atom. The molecular formula is C27H32BrF2N5O. The van der Waals surface area contributed by atoms with Crippen molar-refractivity contribution >= 4 is 39.3 Å². The first-order valence-electron chi connectivity index (χ1n) is 12.3. The minimum Gasteiger partial charge on any atom is -0.371 e. The Hall–Kier alpha value is -2.81. The highest BCUT2D eigenvalue weighted by molar-refractivity contribution is 9.10. The molecule has 9 heteroatoms.